The van der Waals surface area contributed by atoms with Gasteiger partial charge in [-0.15, -0.1) is 0 Å². The molecule has 0 aliphatic rings. The highest BCUT2D eigenvalue weighted by Gasteiger charge is 2.17. The highest BCUT2D eigenvalue weighted by molar-refractivity contribution is 5.77. The van der Waals surface area contributed by atoms with E-state index in [0.717, 1.165) is 12.8 Å². The fraction of sp³-hybridized carbons (Fsp3) is 0.778. The molecule has 0 atom stereocenters. The van der Waals surface area contributed by atoms with Gasteiger partial charge in [-0.1, -0.05) is 13.8 Å². The van der Waals surface area contributed by atoms with E-state index in [4.69, 9.17) is 11.0 Å². The van der Waals surface area contributed by atoms with Gasteiger partial charge in [0.25, 0.3) is 0 Å². The van der Waals surface area contributed by atoms with Crippen LogP contribution in [-0.4, -0.2) is 12.5 Å². The van der Waals surface area contributed by atoms with Gasteiger partial charge >= 0.3 is 0 Å². The normalized spacial score (nSPS) is 10.6. The van der Waals surface area contributed by atoms with Crippen molar-refractivity contribution >= 4 is 5.91 Å². The van der Waals surface area contributed by atoms with E-state index in [0.29, 0.717) is 13.0 Å². The number of hydrogen-bond donors (Lipinski definition) is 2. The predicted octanol–water partition coefficient (Wildman–Crippen LogP) is 0.739. The highest BCUT2D eigenvalue weighted by Crippen LogP contribution is 2.25. The summed E-state index contributed by atoms with van der Waals surface area (Å²) in [7, 11) is 0. The van der Waals surface area contributed by atoms with Crippen molar-refractivity contribution in [1.29, 1.82) is 5.26 Å². The second kappa shape index (κ2) is 5.55. The van der Waals surface area contributed by atoms with Gasteiger partial charge in [0.1, 0.15) is 0 Å². The summed E-state index contributed by atoms with van der Waals surface area (Å²) in [5.74, 6) is -0.215. The van der Waals surface area contributed by atoms with Crippen molar-refractivity contribution < 1.29 is 4.79 Å². The fourth-order valence-electron chi connectivity index (χ4n) is 1.09. The zero-order valence-electron chi connectivity index (χ0n) is 8.26. The van der Waals surface area contributed by atoms with Gasteiger partial charge in [-0.25, -0.2) is 0 Å². The quantitative estimate of drug-likeness (QED) is 0.487. The maximum Gasteiger partial charge on any atom is 0.232 e. The number of carbonyl (C=O) groups is 1. The van der Waals surface area contributed by atoms with Crippen LogP contribution < -0.4 is 11.1 Å². The van der Waals surface area contributed by atoms with E-state index in [2.05, 4.69) is 19.2 Å². The molecule has 0 aliphatic heterocycles. The van der Waals surface area contributed by atoms with Crippen LogP contribution in [0.4, 0.5) is 0 Å². The second-order valence-corrected chi connectivity index (χ2v) is 3.86. The molecule has 0 radical (unpaired) electrons. The molecule has 3 N–H and O–H groups in total. The molecule has 0 aromatic rings. The number of rotatable bonds is 5. The van der Waals surface area contributed by atoms with Crippen LogP contribution in [0.5, 0.6) is 0 Å². The van der Waals surface area contributed by atoms with E-state index >= 15 is 0 Å². The first-order chi connectivity index (χ1) is 6.02. The van der Waals surface area contributed by atoms with E-state index in [1.807, 2.05) is 0 Å². The van der Waals surface area contributed by atoms with Crippen molar-refractivity contribution in [3.8, 4) is 6.19 Å². The molecule has 0 aliphatic carbocycles. The maximum absolute atomic E-state index is 10.9. The number of nitrogens with one attached hydrogen (secondary N) is 1. The van der Waals surface area contributed by atoms with Crippen molar-refractivity contribution in [2.75, 3.05) is 6.54 Å². The highest BCUT2D eigenvalue weighted by atomic mass is 16.1. The van der Waals surface area contributed by atoms with Gasteiger partial charge in [-0.05, 0) is 24.8 Å². The second-order valence-electron chi connectivity index (χ2n) is 3.86. The van der Waals surface area contributed by atoms with Gasteiger partial charge < -0.3 is 5.73 Å². The Labute approximate surface area is 79.1 Å². The average Bonchev–Trinajstić information content (AvgIpc) is 2.02. The van der Waals surface area contributed by atoms with E-state index in [1.165, 1.54) is 0 Å². The molecule has 0 bridgehead atoms. The summed E-state index contributed by atoms with van der Waals surface area (Å²) in [5.41, 5.74) is 5.51. The zero-order valence-corrected chi connectivity index (χ0v) is 8.26. The van der Waals surface area contributed by atoms with Crippen molar-refractivity contribution in [3.05, 3.63) is 0 Å². The third-order valence-electron chi connectivity index (χ3n) is 2.05. The molecule has 13 heavy (non-hydrogen) atoms. The number of amides is 1. The predicted molar refractivity (Wildman–Crippen MR) is 50.4 cm³/mol. The molecule has 0 saturated carbocycles. The SMILES string of the molecule is CC(C)(CCN)CCC(=O)NC#N. The molecule has 0 rings (SSSR count). The summed E-state index contributed by atoms with van der Waals surface area (Å²) in [4.78, 5) is 10.9. The van der Waals surface area contributed by atoms with Gasteiger partial charge in [-0.2, -0.15) is 5.26 Å². The Morgan fingerprint density at radius 1 is 1.54 bits per heavy atom. The zero-order chi connectivity index (χ0) is 10.3. The number of hydrogen-bond acceptors (Lipinski definition) is 3. The smallest absolute Gasteiger partial charge is 0.232 e. The Balaban J connectivity index is 3.75. The molecular weight excluding hydrogens is 166 g/mol. The molecule has 74 valence electrons. The van der Waals surface area contributed by atoms with Crippen molar-refractivity contribution in [1.82, 2.24) is 5.32 Å². The van der Waals surface area contributed by atoms with Crippen LogP contribution in [0.15, 0.2) is 0 Å². The van der Waals surface area contributed by atoms with Crippen LogP contribution in [0.1, 0.15) is 33.1 Å². The summed E-state index contributed by atoms with van der Waals surface area (Å²) in [5, 5.41) is 10.3. The molecule has 0 aromatic carbocycles. The molecule has 0 fully saturated rings. The fourth-order valence-corrected chi connectivity index (χ4v) is 1.09. The largest absolute Gasteiger partial charge is 0.330 e. The Morgan fingerprint density at radius 2 is 2.15 bits per heavy atom. The Hall–Kier alpha value is -1.08. The lowest BCUT2D eigenvalue weighted by atomic mass is 9.84. The summed E-state index contributed by atoms with van der Waals surface area (Å²) in [6, 6.07) is 0. The molecule has 4 nitrogen and oxygen atoms in total. The van der Waals surface area contributed by atoms with Crippen LogP contribution in [0.2, 0.25) is 0 Å². The molecule has 0 unspecified atom stereocenters. The number of nitrogens with two attached hydrogens (primary N) is 1. The Bertz CT molecular complexity index is 205. The molecule has 0 aromatic heterocycles. The number of nitrogens with zero attached hydrogens (tertiary/aromatic N) is 1. The van der Waals surface area contributed by atoms with Crippen molar-refractivity contribution in [3.63, 3.8) is 0 Å². The van der Waals surface area contributed by atoms with Crippen LogP contribution >= 0.6 is 0 Å². The van der Waals surface area contributed by atoms with E-state index in [-0.39, 0.29) is 11.3 Å². The third kappa shape index (κ3) is 6.12. The number of nitriles is 1. The van der Waals surface area contributed by atoms with E-state index in [9.17, 15) is 4.79 Å². The molecule has 0 saturated heterocycles. The van der Waals surface area contributed by atoms with Crippen LogP contribution in [0.25, 0.3) is 0 Å². The Kier molecular flexibility index (Phi) is 5.09. The van der Waals surface area contributed by atoms with Crippen LogP contribution in [0, 0.1) is 16.9 Å². The van der Waals surface area contributed by atoms with Crippen molar-refractivity contribution in [2.24, 2.45) is 11.1 Å². The van der Waals surface area contributed by atoms with Crippen LogP contribution in [0.3, 0.4) is 0 Å². The monoisotopic (exact) mass is 183 g/mol. The van der Waals surface area contributed by atoms with Gasteiger partial charge in [0.2, 0.25) is 5.91 Å². The first-order valence-electron chi connectivity index (χ1n) is 4.40. The van der Waals surface area contributed by atoms with Gasteiger partial charge in [0.05, 0.1) is 0 Å². The summed E-state index contributed by atoms with van der Waals surface area (Å²) in [6.07, 6.45) is 3.66. The maximum atomic E-state index is 10.9. The summed E-state index contributed by atoms with van der Waals surface area (Å²) < 4.78 is 0. The molecule has 0 spiro atoms. The minimum atomic E-state index is -0.215. The molecular formula is C9H17N3O. The topological polar surface area (TPSA) is 78.9 Å². The van der Waals surface area contributed by atoms with Crippen molar-refractivity contribution in [2.45, 2.75) is 33.1 Å². The first-order valence-corrected chi connectivity index (χ1v) is 4.40. The average molecular weight is 183 g/mol. The standard InChI is InChI=1S/C9H17N3O/c1-9(2,5-6-10)4-3-8(13)12-7-11/h3-6,10H2,1-2H3,(H,12,13). The lowest BCUT2D eigenvalue weighted by molar-refractivity contribution is -0.120. The lowest BCUT2D eigenvalue weighted by Crippen LogP contribution is -2.22. The van der Waals surface area contributed by atoms with Gasteiger partial charge in [-0.3, -0.25) is 10.1 Å². The minimum Gasteiger partial charge on any atom is -0.330 e. The Morgan fingerprint density at radius 3 is 2.62 bits per heavy atom. The van der Waals surface area contributed by atoms with Crippen LogP contribution in [-0.2, 0) is 4.79 Å². The van der Waals surface area contributed by atoms with Gasteiger partial charge in [0, 0.05) is 6.42 Å². The number of carbonyl (C=O) groups excluding carboxylic acids is 1. The third-order valence-corrected chi connectivity index (χ3v) is 2.05. The molecule has 0 heterocycles. The minimum absolute atomic E-state index is 0.0849. The summed E-state index contributed by atoms with van der Waals surface area (Å²) >= 11 is 0. The molecule has 1 amide bonds. The first kappa shape index (κ1) is 11.9. The van der Waals surface area contributed by atoms with E-state index in [1.54, 1.807) is 6.19 Å². The lowest BCUT2D eigenvalue weighted by Gasteiger charge is -2.22. The van der Waals surface area contributed by atoms with E-state index < -0.39 is 0 Å². The molecule has 4 heteroatoms. The summed E-state index contributed by atoms with van der Waals surface area (Å²) in [6.45, 7) is 4.77. The van der Waals surface area contributed by atoms with Gasteiger partial charge in [0.15, 0.2) is 6.19 Å².